The highest BCUT2D eigenvalue weighted by atomic mass is 16.5. The molecule has 2 aromatic heterocycles. The third kappa shape index (κ3) is 3.67. The standard InChI is InChI=1S/C27H25N3O3/c1-18-10-12-19(13-11-18)23-21-8-5-14-28-24(21)26(31)30-16-6-15-29(27(32)25(23)30)17-20-7-3-4-9-22(20)33-2/h3-5,7-14H,6,15-17H2,1-2H3. The largest absolute Gasteiger partial charge is 0.496 e. The minimum Gasteiger partial charge on any atom is -0.496 e. The Labute approximate surface area is 192 Å². The number of carbonyl (C=O) groups excluding carboxylic acids is 1. The van der Waals surface area contributed by atoms with Crippen molar-refractivity contribution in [3.63, 3.8) is 0 Å². The summed E-state index contributed by atoms with van der Waals surface area (Å²) >= 11 is 0. The molecule has 0 spiro atoms. The summed E-state index contributed by atoms with van der Waals surface area (Å²) in [6, 6.07) is 19.5. The molecule has 6 heteroatoms. The van der Waals surface area contributed by atoms with E-state index in [0.29, 0.717) is 42.7 Å². The molecule has 166 valence electrons. The molecular weight excluding hydrogens is 414 g/mol. The van der Waals surface area contributed by atoms with Gasteiger partial charge in [-0.2, -0.15) is 0 Å². The van der Waals surface area contributed by atoms with E-state index in [1.165, 1.54) is 0 Å². The lowest BCUT2D eigenvalue weighted by molar-refractivity contribution is 0.0745. The normalized spacial score (nSPS) is 13.6. The van der Waals surface area contributed by atoms with Crippen LogP contribution in [-0.4, -0.2) is 34.0 Å². The summed E-state index contributed by atoms with van der Waals surface area (Å²) in [5.41, 5.74) is 4.32. The number of aryl methyl sites for hydroxylation is 1. The van der Waals surface area contributed by atoms with Crippen molar-refractivity contribution in [3.8, 4) is 16.9 Å². The van der Waals surface area contributed by atoms with Crippen LogP contribution in [0.15, 0.2) is 71.7 Å². The van der Waals surface area contributed by atoms with Crippen LogP contribution in [0.1, 0.15) is 28.0 Å². The van der Waals surface area contributed by atoms with Crippen molar-refractivity contribution >= 4 is 16.8 Å². The van der Waals surface area contributed by atoms with Crippen molar-refractivity contribution in [2.24, 2.45) is 0 Å². The first-order chi connectivity index (χ1) is 16.1. The number of rotatable bonds is 4. The maximum Gasteiger partial charge on any atom is 0.277 e. The molecule has 5 rings (SSSR count). The summed E-state index contributed by atoms with van der Waals surface area (Å²) in [6.07, 6.45) is 2.31. The summed E-state index contributed by atoms with van der Waals surface area (Å²) in [6.45, 7) is 3.46. The molecule has 0 unspecified atom stereocenters. The predicted molar refractivity (Wildman–Crippen MR) is 129 cm³/mol. The number of aromatic nitrogens is 2. The Morgan fingerprint density at radius 2 is 1.76 bits per heavy atom. The first-order valence-electron chi connectivity index (χ1n) is 11.1. The molecule has 0 aliphatic carbocycles. The van der Waals surface area contributed by atoms with Crippen LogP contribution in [0.4, 0.5) is 0 Å². The monoisotopic (exact) mass is 439 g/mol. The molecule has 2 aromatic carbocycles. The zero-order chi connectivity index (χ0) is 22.9. The summed E-state index contributed by atoms with van der Waals surface area (Å²) in [4.78, 5) is 33.6. The van der Waals surface area contributed by atoms with E-state index < -0.39 is 0 Å². The zero-order valence-electron chi connectivity index (χ0n) is 18.7. The van der Waals surface area contributed by atoms with Crippen LogP contribution in [0.25, 0.3) is 22.0 Å². The topological polar surface area (TPSA) is 64.4 Å². The molecule has 0 saturated heterocycles. The van der Waals surface area contributed by atoms with Crippen molar-refractivity contribution in [3.05, 3.63) is 94.0 Å². The van der Waals surface area contributed by atoms with Crippen LogP contribution in [0, 0.1) is 6.92 Å². The molecule has 33 heavy (non-hydrogen) atoms. The van der Waals surface area contributed by atoms with Crippen molar-refractivity contribution in [1.82, 2.24) is 14.5 Å². The fourth-order valence-electron chi connectivity index (χ4n) is 4.58. The third-order valence-corrected chi connectivity index (χ3v) is 6.23. The van der Waals surface area contributed by atoms with Gasteiger partial charge in [-0.1, -0.05) is 54.1 Å². The van der Waals surface area contributed by atoms with E-state index in [2.05, 4.69) is 4.98 Å². The fraction of sp³-hybridized carbons (Fsp3) is 0.222. The van der Waals surface area contributed by atoms with Crippen molar-refractivity contribution in [2.75, 3.05) is 13.7 Å². The Morgan fingerprint density at radius 1 is 0.970 bits per heavy atom. The number of benzene rings is 2. The summed E-state index contributed by atoms with van der Waals surface area (Å²) in [5, 5.41) is 0.699. The Morgan fingerprint density at radius 3 is 2.55 bits per heavy atom. The molecule has 1 aliphatic heterocycles. The van der Waals surface area contributed by atoms with Crippen molar-refractivity contribution in [2.45, 2.75) is 26.4 Å². The summed E-state index contributed by atoms with van der Waals surface area (Å²) < 4.78 is 7.12. The predicted octanol–water partition coefficient (Wildman–Crippen LogP) is 4.43. The van der Waals surface area contributed by atoms with Crippen LogP contribution >= 0.6 is 0 Å². The van der Waals surface area contributed by atoms with Gasteiger partial charge in [0.1, 0.15) is 17.0 Å². The fourth-order valence-corrected chi connectivity index (χ4v) is 4.58. The van der Waals surface area contributed by atoms with Gasteiger partial charge < -0.3 is 14.2 Å². The number of nitrogens with zero attached hydrogens (tertiary/aromatic N) is 3. The number of para-hydroxylation sites is 1. The smallest absolute Gasteiger partial charge is 0.277 e. The highest BCUT2D eigenvalue weighted by Gasteiger charge is 2.30. The lowest BCUT2D eigenvalue weighted by Gasteiger charge is -2.23. The first-order valence-corrected chi connectivity index (χ1v) is 11.1. The number of pyridine rings is 2. The van der Waals surface area contributed by atoms with Gasteiger partial charge in [0.05, 0.1) is 7.11 Å². The molecule has 1 aliphatic rings. The van der Waals surface area contributed by atoms with E-state index in [-0.39, 0.29) is 11.5 Å². The van der Waals surface area contributed by atoms with E-state index in [1.807, 2.05) is 72.5 Å². The van der Waals surface area contributed by atoms with E-state index in [0.717, 1.165) is 28.0 Å². The Hall–Kier alpha value is -3.93. The molecule has 0 radical (unpaired) electrons. The molecule has 0 N–H and O–H groups in total. The number of methoxy groups -OCH3 is 1. The van der Waals surface area contributed by atoms with Crippen LogP contribution < -0.4 is 10.3 Å². The van der Waals surface area contributed by atoms with Gasteiger partial charge in [0.2, 0.25) is 0 Å². The van der Waals surface area contributed by atoms with Gasteiger partial charge in [0, 0.05) is 42.3 Å². The van der Waals surface area contributed by atoms with Gasteiger partial charge >= 0.3 is 0 Å². The summed E-state index contributed by atoms with van der Waals surface area (Å²) in [7, 11) is 1.63. The zero-order valence-corrected chi connectivity index (χ0v) is 18.7. The number of amides is 1. The van der Waals surface area contributed by atoms with Gasteiger partial charge in [-0.15, -0.1) is 0 Å². The number of fused-ring (bicyclic) bond motifs is 2. The quantitative estimate of drug-likeness (QED) is 0.472. The second-order valence-corrected chi connectivity index (χ2v) is 8.34. The molecule has 0 atom stereocenters. The van der Waals surface area contributed by atoms with Gasteiger partial charge in [-0.05, 0) is 31.0 Å². The van der Waals surface area contributed by atoms with Crippen LogP contribution in [0.2, 0.25) is 0 Å². The third-order valence-electron chi connectivity index (χ3n) is 6.23. The van der Waals surface area contributed by atoms with Crippen LogP contribution in [0.5, 0.6) is 5.75 Å². The molecular formula is C27H25N3O3. The molecule has 0 bridgehead atoms. The second-order valence-electron chi connectivity index (χ2n) is 8.34. The molecule has 4 aromatic rings. The average Bonchev–Trinajstić information content (AvgIpc) is 3.00. The van der Waals surface area contributed by atoms with Crippen LogP contribution in [0.3, 0.4) is 0 Å². The Balaban J connectivity index is 1.72. The van der Waals surface area contributed by atoms with Crippen LogP contribution in [-0.2, 0) is 13.1 Å². The second kappa shape index (κ2) is 8.54. The van der Waals surface area contributed by atoms with Gasteiger partial charge in [0.15, 0.2) is 0 Å². The molecule has 6 nitrogen and oxygen atoms in total. The maximum atomic E-state index is 14.0. The summed E-state index contributed by atoms with van der Waals surface area (Å²) in [5.74, 6) is 0.588. The SMILES string of the molecule is COc1ccccc1CN1CCCn2c(c(-c3ccc(C)cc3)c3cccnc3c2=O)C1=O. The minimum absolute atomic E-state index is 0.156. The number of carbonyl (C=O) groups is 1. The Kier molecular flexibility index (Phi) is 5.42. The lowest BCUT2D eigenvalue weighted by atomic mass is 9.97. The van der Waals surface area contributed by atoms with Gasteiger partial charge in [-0.25, -0.2) is 0 Å². The number of hydrogen-bond donors (Lipinski definition) is 0. The van der Waals surface area contributed by atoms with E-state index >= 15 is 0 Å². The Bertz CT molecular complexity index is 1410. The van der Waals surface area contributed by atoms with Crippen molar-refractivity contribution < 1.29 is 9.53 Å². The molecule has 0 fully saturated rings. The minimum atomic E-state index is -0.219. The highest BCUT2D eigenvalue weighted by Crippen LogP contribution is 2.33. The molecule has 0 saturated carbocycles. The van der Waals surface area contributed by atoms with Crippen molar-refractivity contribution in [1.29, 1.82) is 0 Å². The molecule has 3 heterocycles. The average molecular weight is 440 g/mol. The maximum absolute atomic E-state index is 14.0. The lowest BCUT2D eigenvalue weighted by Crippen LogP contribution is -2.33. The highest BCUT2D eigenvalue weighted by molar-refractivity contribution is 6.07. The van der Waals surface area contributed by atoms with E-state index in [1.54, 1.807) is 17.9 Å². The number of hydrogen-bond acceptors (Lipinski definition) is 4. The first kappa shape index (κ1) is 20.9. The molecule has 1 amide bonds. The van der Waals surface area contributed by atoms with Gasteiger partial charge in [-0.3, -0.25) is 14.6 Å². The van der Waals surface area contributed by atoms with E-state index in [4.69, 9.17) is 4.74 Å². The van der Waals surface area contributed by atoms with Gasteiger partial charge in [0.25, 0.3) is 11.5 Å². The van der Waals surface area contributed by atoms with E-state index in [9.17, 15) is 9.59 Å². The number of ether oxygens (including phenoxy) is 1.